The smallest absolute Gasteiger partial charge is 0.250 e. The van der Waals surface area contributed by atoms with Gasteiger partial charge in [0.1, 0.15) is 29.3 Å². The SMILES string of the molecule is C=N[C@H](C(=O)Nc1cncc(F)c1CC[C@H]1CNCCN1S(=O)(=O)CC1CC1)[C@@H](c1ccc(F)cc1)c1cc(F)cc(F)c1. The first-order valence-electron chi connectivity index (χ1n) is 14.4. The highest BCUT2D eigenvalue weighted by molar-refractivity contribution is 7.89. The van der Waals surface area contributed by atoms with Crippen molar-refractivity contribution < 1.29 is 30.8 Å². The molecule has 5 rings (SSSR count). The minimum Gasteiger partial charge on any atom is -0.323 e. The van der Waals surface area contributed by atoms with Gasteiger partial charge in [0, 0.05) is 43.2 Å². The summed E-state index contributed by atoms with van der Waals surface area (Å²) in [6.07, 6.45) is 4.45. The predicted octanol–water partition coefficient (Wildman–Crippen LogP) is 4.42. The Morgan fingerprint density at radius 3 is 2.41 bits per heavy atom. The van der Waals surface area contributed by atoms with E-state index in [1.807, 2.05) is 0 Å². The molecule has 0 spiro atoms. The van der Waals surface area contributed by atoms with Crippen molar-refractivity contribution in [1.82, 2.24) is 14.6 Å². The molecule has 1 saturated heterocycles. The number of piperazine rings is 1. The first-order chi connectivity index (χ1) is 21.1. The number of amides is 1. The Morgan fingerprint density at radius 1 is 1.05 bits per heavy atom. The zero-order valence-electron chi connectivity index (χ0n) is 23.9. The first kappa shape index (κ1) is 31.7. The van der Waals surface area contributed by atoms with Crippen molar-refractivity contribution in [2.45, 2.75) is 43.7 Å². The molecule has 8 nitrogen and oxygen atoms in total. The van der Waals surface area contributed by atoms with E-state index in [-0.39, 0.29) is 41.3 Å². The minimum atomic E-state index is -3.48. The Kier molecular flexibility index (Phi) is 9.76. The van der Waals surface area contributed by atoms with Crippen LogP contribution in [0.25, 0.3) is 0 Å². The molecule has 1 saturated carbocycles. The molecule has 2 aliphatic rings. The number of carbonyl (C=O) groups is 1. The molecule has 1 aliphatic carbocycles. The van der Waals surface area contributed by atoms with Crippen LogP contribution in [0.1, 0.15) is 41.9 Å². The van der Waals surface area contributed by atoms with Gasteiger partial charge in [-0.25, -0.2) is 26.0 Å². The molecule has 0 radical (unpaired) electrons. The summed E-state index contributed by atoms with van der Waals surface area (Å²) in [6.45, 7) is 4.77. The lowest BCUT2D eigenvalue weighted by atomic mass is 9.84. The van der Waals surface area contributed by atoms with Gasteiger partial charge in [-0.3, -0.25) is 14.8 Å². The highest BCUT2D eigenvalue weighted by atomic mass is 32.2. The summed E-state index contributed by atoms with van der Waals surface area (Å²) in [6, 6.07) is 6.10. The predicted molar refractivity (Wildman–Crippen MR) is 159 cm³/mol. The Balaban J connectivity index is 1.39. The second-order valence-corrected chi connectivity index (χ2v) is 13.2. The van der Waals surface area contributed by atoms with Gasteiger partial charge >= 0.3 is 0 Å². The largest absolute Gasteiger partial charge is 0.323 e. The number of aliphatic imine (C=N–C) groups is 1. The Labute approximate surface area is 253 Å². The number of hydrogen-bond donors (Lipinski definition) is 2. The molecule has 3 atom stereocenters. The first-order valence-corrected chi connectivity index (χ1v) is 16.0. The van der Waals surface area contributed by atoms with E-state index >= 15 is 4.39 Å². The third kappa shape index (κ3) is 7.51. The van der Waals surface area contributed by atoms with Crippen molar-refractivity contribution in [3.8, 4) is 0 Å². The van der Waals surface area contributed by atoms with Gasteiger partial charge in [0.15, 0.2) is 0 Å². The lowest BCUT2D eigenvalue weighted by Crippen LogP contribution is -2.54. The number of nitrogens with one attached hydrogen (secondary N) is 2. The molecule has 1 aliphatic heterocycles. The van der Waals surface area contributed by atoms with Gasteiger partial charge in [-0.2, -0.15) is 4.31 Å². The van der Waals surface area contributed by atoms with E-state index in [0.29, 0.717) is 31.3 Å². The topological polar surface area (TPSA) is 104 Å². The van der Waals surface area contributed by atoms with Crippen molar-refractivity contribution in [3.05, 3.63) is 94.8 Å². The summed E-state index contributed by atoms with van der Waals surface area (Å²) >= 11 is 0. The fraction of sp³-hybridized carbons (Fsp3) is 0.387. The van der Waals surface area contributed by atoms with Crippen molar-refractivity contribution in [1.29, 1.82) is 0 Å². The van der Waals surface area contributed by atoms with Gasteiger partial charge in [0.2, 0.25) is 15.9 Å². The van der Waals surface area contributed by atoms with Crippen LogP contribution in [0.4, 0.5) is 23.2 Å². The molecule has 1 amide bonds. The monoisotopic (exact) mass is 631 g/mol. The zero-order chi connectivity index (χ0) is 31.4. The van der Waals surface area contributed by atoms with Crippen LogP contribution >= 0.6 is 0 Å². The Bertz CT molecular complexity index is 1600. The van der Waals surface area contributed by atoms with Gasteiger partial charge in [0.05, 0.1) is 23.8 Å². The summed E-state index contributed by atoms with van der Waals surface area (Å²) in [5, 5.41) is 5.85. The molecular weight excluding hydrogens is 598 g/mol. The van der Waals surface area contributed by atoms with Gasteiger partial charge in [0.25, 0.3) is 0 Å². The van der Waals surface area contributed by atoms with Crippen LogP contribution in [-0.2, 0) is 21.2 Å². The highest BCUT2D eigenvalue weighted by Gasteiger charge is 2.37. The number of hydrogen-bond acceptors (Lipinski definition) is 6. The van der Waals surface area contributed by atoms with Gasteiger partial charge in [-0.05, 0) is 73.7 Å². The van der Waals surface area contributed by atoms with E-state index < -0.39 is 57.2 Å². The van der Waals surface area contributed by atoms with Gasteiger partial charge < -0.3 is 10.6 Å². The van der Waals surface area contributed by atoms with E-state index in [1.54, 1.807) is 0 Å². The summed E-state index contributed by atoms with van der Waals surface area (Å²) in [5.74, 6) is -4.53. The molecule has 13 heteroatoms. The maximum Gasteiger partial charge on any atom is 0.250 e. The average molecular weight is 632 g/mol. The summed E-state index contributed by atoms with van der Waals surface area (Å²) < 4.78 is 85.0. The molecule has 1 aromatic heterocycles. The summed E-state index contributed by atoms with van der Waals surface area (Å²) in [7, 11) is -3.48. The fourth-order valence-electron chi connectivity index (χ4n) is 5.70. The number of halogens is 4. The normalized spacial score (nSPS) is 18.9. The molecule has 44 heavy (non-hydrogen) atoms. The van der Waals surface area contributed by atoms with E-state index in [4.69, 9.17) is 0 Å². The maximum atomic E-state index is 15.1. The molecule has 2 heterocycles. The van der Waals surface area contributed by atoms with Crippen LogP contribution in [0.2, 0.25) is 0 Å². The second kappa shape index (κ2) is 13.5. The molecule has 2 fully saturated rings. The number of nitrogens with zero attached hydrogens (tertiary/aromatic N) is 3. The number of benzene rings is 2. The number of anilines is 1. The van der Waals surface area contributed by atoms with Crippen LogP contribution in [-0.4, -0.2) is 67.8 Å². The van der Waals surface area contributed by atoms with Crippen LogP contribution in [0.5, 0.6) is 0 Å². The van der Waals surface area contributed by atoms with Crippen LogP contribution < -0.4 is 10.6 Å². The molecule has 3 aromatic rings. The molecule has 0 unspecified atom stereocenters. The zero-order valence-corrected chi connectivity index (χ0v) is 24.7. The second-order valence-electron chi connectivity index (χ2n) is 11.2. The number of carbonyl (C=O) groups excluding carboxylic acids is 1. The minimum absolute atomic E-state index is 0.0445. The highest BCUT2D eigenvalue weighted by Crippen LogP contribution is 2.34. The van der Waals surface area contributed by atoms with Crippen LogP contribution in [0, 0.1) is 29.2 Å². The fourth-order valence-corrected chi connectivity index (χ4v) is 7.82. The number of aromatic nitrogens is 1. The van der Waals surface area contributed by atoms with Gasteiger partial charge in [-0.1, -0.05) is 12.1 Å². The lowest BCUT2D eigenvalue weighted by molar-refractivity contribution is -0.117. The quantitative estimate of drug-likeness (QED) is 0.228. The van der Waals surface area contributed by atoms with Crippen molar-refractivity contribution in [2.24, 2.45) is 10.9 Å². The van der Waals surface area contributed by atoms with E-state index in [1.165, 1.54) is 22.6 Å². The number of pyridine rings is 1. The molecule has 234 valence electrons. The van der Waals surface area contributed by atoms with E-state index in [2.05, 4.69) is 27.3 Å². The standard InChI is InChI=1S/C31H33F4N5O3S/c1-36-30(29(20-4-6-22(32)7-5-20)21-12-23(33)14-24(34)13-21)31(41)39-28-17-38-16-27(35)26(28)9-8-25-15-37-10-11-40(25)44(42,43)18-19-2-3-19/h4-7,12-14,16-17,19,25,29-30,37H,1-3,8-11,15,18H2,(H,39,41)/t25-,29-,30-/m0/s1. The molecular formula is C31H33F4N5O3S. The third-order valence-electron chi connectivity index (χ3n) is 8.04. The van der Waals surface area contributed by atoms with Crippen molar-refractivity contribution in [2.75, 3.05) is 30.7 Å². The van der Waals surface area contributed by atoms with Crippen LogP contribution in [0.15, 0.2) is 59.9 Å². The average Bonchev–Trinajstić information content (AvgIpc) is 3.79. The molecule has 2 aromatic carbocycles. The maximum absolute atomic E-state index is 15.1. The Hall–Kier alpha value is -3.68. The Morgan fingerprint density at radius 2 is 1.75 bits per heavy atom. The van der Waals surface area contributed by atoms with Crippen molar-refractivity contribution in [3.63, 3.8) is 0 Å². The summed E-state index contributed by atoms with van der Waals surface area (Å²) in [4.78, 5) is 21.5. The van der Waals surface area contributed by atoms with E-state index in [0.717, 1.165) is 43.3 Å². The number of sulfonamides is 1. The third-order valence-corrected chi connectivity index (χ3v) is 10.1. The van der Waals surface area contributed by atoms with Crippen LogP contribution in [0.3, 0.4) is 0 Å². The molecule has 2 N–H and O–H groups in total. The van der Waals surface area contributed by atoms with Gasteiger partial charge in [-0.15, -0.1) is 0 Å². The molecule has 0 bridgehead atoms. The summed E-state index contributed by atoms with van der Waals surface area (Å²) in [5.41, 5.74) is 0.579. The lowest BCUT2D eigenvalue weighted by Gasteiger charge is -2.35. The number of rotatable bonds is 12. The van der Waals surface area contributed by atoms with E-state index in [9.17, 15) is 26.4 Å². The van der Waals surface area contributed by atoms with Crippen molar-refractivity contribution >= 4 is 28.3 Å².